The monoisotopic (exact) mass is 692 g/mol. The highest BCUT2D eigenvalue weighted by Crippen LogP contribution is 2.24. The first-order valence-electron chi connectivity index (χ1n) is 18.4. The van der Waals surface area contributed by atoms with Gasteiger partial charge in [0.1, 0.15) is 0 Å². The first-order valence-corrected chi connectivity index (χ1v) is 18.4. The molecule has 2 aliphatic heterocycles. The minimum absolute atomic E-state index is 0.00602. The summed E-state index contributed by atoms with van der Waals surface area (Å²) in [6.07, 6.45) is 10.9. The predicted octanol–water partition coefficient (Wildman–Crippen LogP) is 6.05. The van der Waals surface area contributed by atoms with E-state index in [-0.39, 0.29) is 48.6 Å². The third-order valence-corrected chi connectivity index (χ3v) is 8.62. The van der Waals surface area contributed by atoms with Gasteiger partial charge < -0.3 is 30.6 Å². The number of urea groups is 1. The second kappa shape index (κ2) is 25.7. The third kappa shape index (κ3) is 19.6. The molecule has 49 heavy (non-hydrogen) atoms. The van der Waals surface area contributed by atoms with Gasteiger partial charge >= 0.3 is 6.03 Å². The molecule has 1 saturated heterocycles. The van der Waals surface area contributed by atoms with Crippen LogP contribution in [-0.2, 0) is 16.0 Å². The molecule has 2 unspecified atom stereocenters. The Balaban J connectivity index is 0.00000101. The van der Waals surface area contributed by atoms with Crippen LogP contribution in [-0.4, -0.2) is 95.4 Å². The topological polar surface area (TPSA) is 151 Å². The van der Waals surface area contributed by atoms with Crippen LogP contribution in [0.3, 0.4) is 0 Å². The Labute approximate surface area is 297 Å². The first-order chi connectivity index (χ1) is 23.2. The summed E-state index contributed by atoms with van der Waals surface area (Å²) in [6.45, 7) is 20.6. The molecule has 2 aliphatic rings. The predicted molar refractivity (Wildman–Crippen MR) is 199 cm³/mol. The number of hydrogen-bond donors (Lipinski definition) is 5. The molecule has 0 spiro atoms. The number of rotatable bonds is 14. The lowest BCUT2D eigenvalue weighted by Gasteiger charge is -2.37. The van der Waals surface area contributed by atoms with E-state index < -0.39 is 5.97 Å². The van der Waals surface area contributed by atoms with Crippen LogP contribution < -0.4 is 16.0 Å². The quantitative estimate of drug-likeness (QED) is 0.118. The number of carbonyl (C=O) groups is 4. The number of aliphatic carboxylic acids is 1. The van der Waals surface area contributed by atoms with Gasteiger partial charge in [-0.2, -0.15) is 0 Å². The fourth-order valence-electron chi connectivity index (χ4n) is 5.68. The van der Waals surface area contributed by atoms with Crippen LogP contribution in [0.15, 0.2) is 24.3 Å². The summed E-state index contributed by atoms with van der Waals surface area (Å²) >= 11 is 0. The van der Waals surface area contributed by atoms with Crippen molar-refractivity contribution >= 4 is 23.8 Å². The normalized spacial score (nSPS) is 16.4. The highest BCUT2D eigenvalue weighted by atomic mass is 16.4. The van der Waals surface area contributed by atoms with E-state index in [0.717, 1.165) is 50.4 Å². The van der Waals surface area contributed by atoms with Crippen molar-refractivity contribution in [3.63, 3.8) is 0 Å². The number of likely N-dealkylation sites (tertiary alicyclic amines) is 1. The Hall–Kier alpha value is -3.18. The first kappa shape index (κ1) is 45.8. The molecule has 0 aromatic heterocycles. The van der Waals surface area contributed by atoms with Crippen molar-refractivity contribution in [1.29, 1.82) is 0 Å². The highest BCUT2D eigenvalue weighted by molar-refractivity contribution is 5.96. The number of nitrogens with one attached hydrogen (secondary N) is 3. The van der Waals surface area contributed by atoms with E-state index in [0.29, 0.717) is 19.0 Å². The van der Waals surface area contributed by atoms with Crippen molar-refractivity contribution in [1.82, 2.24) is 25.8 Å². The fourth-order valence-corrected chi connectivity index (χ4v) is 5.68. The number of aliphatic hydroxyl groups is 1. The second-order valence-corrected chi connectivity index (χ2v) is 13.9. The molecule has 11 heteroatoms. The van der Waals surface area contributed by atoms with Gasteiger partial charge in [-0.15, -0.1) is 0 Å². The molecular formula is C38H69N5O6. The van der Waals surface area contributed by atoms with E-state index in [1.165, 1.54) is 38.5 Å². The van der Waals surface area contributed by atoms with Crippen LogP contribution in [0.4, 0.5) is 4.79 Å². The average molecular weight is 692 g/mol. The zero-order valence-corrected chi connectivity index (χ0v) is 32.1. The Morgan fingerprint density at radius 1 is 1.04 bits per heavy atom. The number of carboxylic acid groups (broad SMARTS) is 1. The maximum absolute atomic E-state index is 12.9. The number of amides is 4. The van der Waals surface area contributed by atoms with E-state index in [9.17, 15) is 14.4 Å². The van der Waals surface area contributed by atoms with Crippen LogP contribution in [0.2, 0.25) is 0 Å². The summed E-state index contributed by atoms with van der Waals surface area (Å²) in [7, 11) is 0. The molecular weight excluding hydrogens is 622 g/mol. The van der Waals surface area contributed by atoms with Gasteiger partial charge in [0.05, 0.1) is 19.3 Å². The lowest BCUT2D eigenvalue weighted by molar-refractivity contribution is -0.134. The van der Waals surface area contributed by atoms with E-state index in [1.54, 1.807) is 0 Å². The van der Waals surface area contributed by atoms with Crippen molar-refractivity contribution in [2.75, 3.05) is 39.5 Å². The Morgan fingerprint density at radius 2 is 1.67 bits per heavy atom. The second-order valence-electron chi connectivity index (χ2n) is 13.9. The molecule has 11 nitrogen and oxygen atoms in total. The molecule has 1 aromatic carbocycles. The number of carbonyl (C=O) groups excluding carboxylic acids is 3. The van der Waals surface area contributed by atoms with Crippen molar-refractivity contribution in [2.24, 2.45) is 11.3 Å². The summed E-state index contributed by atoms with van der Waals surface area (Å²) in [5, 5.41) is 24.6. The molecule has 2 heterocycles. The van der Waals surface area contributed by atoms with E-state index >= 15 is 0 Å². The molecule has 282 valence electrons. The van der Waals surface area contributed by atoms with Crippen molar-refractivity contribution < 1.29 is 29.4 Å². The van der Waals surface area contributed by atoms with Crippen LogP contribution in [0.1, 0.15) is 130 Å². The van der Waals surface area contributed by atoms with Gasteiger partial charge in [-0.05, 0) is 62.1 Å². The maximum Gasteiger partial charge on any atom is 0.315 e. The van der Waals surface area contributed by atoms with E-state index in [2.05, 4.69) is 29.8 Å². The Bertz CT molecular complexity index is 1090. The third-order valence-electron chi connectivity index (χ3n) is 8.62. The molecule has 1 fully saturated rings. The van der Waals surface area contributed by atoms with Gasteiger partial charge in [0.2, 0.25) is 5.91 Å². The zero-order valence-electron chi connectivity index (χ0n) is 32.1. The van der Waals surface area contributed by atoms with Gasteiger partial charge in [-0.25, -0.2) is 4.79 Å². The molecule has 3 rings (SSSR count). The zero-order chi connectivity index (χ0) is 37.4. The molecule has 3 atom stereocenters. The molecule has 0 saturated carbocycles. The largest absolute Gasteiger partial charge is 0.481 e. The number of carboxylic acids is 1. The van der Waals surface area contributed by atoms with Crippen molar-refractivity contribution in [3.8, 4) is 0 Å². The molecule has 0 radical (unpaired) electrons. The van der Waals surface area contributed by atoms with E-state index in [1.807, 2.05) is 75.6 Å². The molecule has 4 amide bonds. The van der Waals surface area contributed by atoms with Crippen molar-refractivity contribution in [3.05, 3.63) is 35.4 Å². The van der Waals surface area contributed by atoms with E-state index in [4.69, 9.17) is 15.0 Å². The fraction of sp³-hybridized carbons (Fsp3) is 0.737. The number of hydrogen-bond acceptors (Lipinski definition) is 6. The number of fused-ring (bicyclic) bond motifs is 1. The summed E-state index contributed by atoms with van der Waals surface area (Å²) in [5.41, 5.74) is 1.57. The molecule has 0 bridgehead atoms. The molecule has 0 aliphatic carbocycles. The van der Waals surface area contributed by atoms with Crippen LogP contribution >= 0.6 is 0 Å². The van der Waals surface area contributed by atoms with Gasteiger partial charge in [0.15, 0.2) is 0 Å². The maximum atomic E-state index is 12.9. The Kier molecular flexibility index (Phi) is 24.1. The minimum atomic E-state index is -0.833. The minimum Gasteiger partial charge on any atom is -0.481 e. The van der Waals surface area contributed by atoms with Gasteiger partial charge in [0, 0.05) is 38.2 Å². The summed E-state index contributed by atoms with van der Waals surface area (Å²) in [6, 6.07) is 7.31. The Morgan fingerprint density at radius 3 is 2.24 bits per heavy atom. The molecule has 1 aromatic rings. The lowest BCUT2D eigenvalue weighted by Crippen LogP contribution is -2.56. The van der Waals surface area contributed by atoms with Crippen LogP contribution in [0.25, 0.3) is 0 Å². The number of benzene rings is 1. The standard InChI is InChI=1S/C23H34N4O3.C11H25NO.C2H4O2.C2H6/c1-16-8-7-12-27(16)20(28)14-24-22(30)25-19(23(2,3)4)15-26-13-11-17-9-5-6-10-18(17)21(26)29;1-3-4-5-6-7-8-11(2)9-12-10-13;1-2(3)4;1-2/h5-6,9-10,16,19H,7-8,11-15H2,1-4H3,(H2,24,25,30);11-13H,3-10H2,1-2H3;1H3,(H,3,4);1-2H3/t16-,19?;;;/m1.../s1. The summed E-state index contributed by atoms with van der Waals surface area (Å²) in [5.74, 6) is -0.175. The average Bonchev–Trinajstić information content (AvgIpc) is 3.49. The number of unbranched alkanes of at least 4 members (excludes halogenated alkanes) is 4. The van der Waals surface area contributed by atoms with Gasteiger partial charge in [-0.3, -0.25) is 19.7 Å². The summed E-state index contributed by atoms with van der Waals surface area (Å²) in [4.78, 5) is 50.4. The van der Waals surface area contributed by atoms with Crippen LogP contribution in [0, 0.1) is 11.3 Å². The number of nitrogens with zero attached hydrogens (tertiary/aromatic N) is 2. The number of aliphatic hydroxyl groups excluding tert-OH is 1. The van der Waals surface area contributed by atoms with Gasteiger partial charge in [-0.1, -0.05) is 98.8 Å². The SMILES string of the molecule is CC.CC(=O)O.CCCCCCCC(C)CNCO.C[C@@H]1CCCN1C(=O)CNC(=O)NC(CN1CCc2ccccc2C1=O)C(C)(C)C. The smallest absolute Gasteiger partial charge is 0.315 e. The molecule has 5 N–H and O–H groups in total. The summed E-state index contributed by atoms with van der Waals surface area (Å²) < 4.78 is 0. The van der Waals surface area contributed by atoms with Gasteiger partial charge in [0.25, 0.3) is 11.9 Å². The van der Waals surface area contributed by atoms with Crippen molar-refractivity contribution in [2.45, 2.75) is 132 Å². The lowest BCUT2D eigenvalue weighted by atomic mass is 9.85. The highest BCUT2D eigenvalue weighted by Gasteiger charge is 2.33. The van der Waals surface area contributed by atoms with Crippen LogP contribution in [0.5, 0.6) is 0 Å².